The number of likely N-dealkylation sites (tertiary alicyclic amines) is 1. The highest BCUT2D eigenvalue weighted by molar-refractivity contribution is 4.88. The molecule has 2 heterocycles. The van der Waals surface area contributed by atoms with Crippen LogP contribution in [0, 0.1) is 5.92 Å². The fraction of sp³-hybridized carbons (Fsp3) is 1.00. The second kappa shape index (κ2) is 8.32. The van der Waals surface area contributed by atoms with Gasteiger partial charge in [-0.2, -0.15) is 0 Å². The molecule has 0 bridgehead atoms. The maximum absolute atomic E-state index is 5.46. The second-order valence-electron chi connectivity index (χ2n) is 6.70. The first-order valence-electron chi connectivity index (χ1n) is 8.47. The van der Waals surface area contributed by atoms with Crippen LogP contribution >= 0.6 is 0 Å². The van der Waals surface area contributed by atoms with Gasteiger partial charge in [-0.3, -0.25) is 9.80 Å². The summed E-state index contributed by atoms with van der Waals surface area (Å²) in [6.45, 7) is 15.8. The van der Waals surface area contributed by atoms with E-state index in [1.54, 1.807) is 0 Å². The van der Waals surface area contributed by atoms with Crippen LogP contribution in [-0.4, -0.2) is 74.4 Å². The van der Waals surface area contributed by atoms with E-state index in [0.717, 1.165) is 51.4 Å². The molecule has 2 aliphatic rings. The van der Waals surface area contributed by atoms with Crippen molar-refractivity contribution in [2.24, 2.45) is 5.92 Å². The molecule has 2 saturated heterocycles. The molecule has 0 aromatic rings. The maximum Gasteiger partial charge on any atom is 0.0594 e. The Morgan fingerprint density at radius 2 is 1.90 bits per heavy atom. The molecular weight excluding hydrogens is 250 g/mol. The van der Waals surface area contributed by atoms with Gasteiger partial charge in [-0.1, -0.05) is 20.8 Å². The number of morpholine rings is 1. The Kier molecular flexibility index (Phi) is 6.75. The zero-order valence-corrected chi connectivity index (χ0v) is 13.6. The topological polar surface area (TPSA) is 27.7 Å². The predicted molar refractivity (Wildman–Crippen MR) is 84.2 cm³/mol. The van der Waals surface area contributed by atoms with Crippen molar-refractivity contribution in [2.45, 2.75) is 45.7 Å². The molecule has 0 spiro atoms. The van der Waals surface area contributed by atoms with Crippen molar-refractivity contribution < 1.29 is 4.74 Å². The number of hydrogen-bond donors (Lipinski definition) is 1. The highest BCUT2D eigenvalue weighted by Crippen LogP contribution is 2.20. The van der Waals surface area contributed by atoms with Gasteiger partial charge >= 0.3 is 0 Å². The molecule has 4 nitrogen and oxygen atoms in total. The molecule has 0 radical (unpaired) electrons. The van der Waals surface area contributed by atoms with Crippen molar-refractivity contribution in [1.82, 2.24) is 15.1 Å². The molecular formula is C16H33N3O. The molecule has 0 aromatic heterocycles. The van der Waals surface area contributed by atoms with Crippen LogP contribution in [0.3, 0.4) is 0 Å². The third-order valence-electron chi connectivity index (χ3n) is 4.68. The molecule has 118 valence electrons. The summed E-state index contributed by atoms with van der Waals surface area (Å²) in [5, 5.41) is 3.63. The lowest BCUT2D eigenvalue weighted by atomic mass is 10.1. The summed E-state index contributed by atoms with van der Waals surface area (Å²) >= 11 is 0. The fourth-order valence-electron chi connectivity index (χ4n) is 3.41. The smallest absolute Gasteiger partial charge is 0.0594 e. The quantitative estimate of drug-likeness (QED) is 0.765. The van der Waals surface area contributed by atoms with Crippen LogP contribution in [0.4, 0.5) is 0 Å². The third kappa shape index (κ3) is 4.69. The van der Waals surface area contributed by atoms with Crippen LogP contribution in [0.2, 0.25) is 0 Å². The molecule has 0 saturated carbocycles. The zero-order valence-electron chi connectivity index (χ0n) is 13.6. The summed E-state index contributed by atoms with van der Waals surface area (Å²) in [5.74, 6) is 0.743. The lowest BCUT2D eigenvalue weighted by Crippen LogP contribution is -2.47. The summed E-state index contributed by atoms with van der Waals surface area (Å²) in [6.07, 6.45) is 2.58. The molecule has 2 atom stereocenters. The SMILES string of the molecule is CCC(CNCC(C)C)N1CCC(N2CCOCC2)C1. The molecule has 2 aliphatic heterocycles. The summed E-state index contributed by atoms with van der Waals surface area (Å²) in [4.78, 5) is 5.34. The molecule has 4 heteroatoms. The van der Waals surface area contributed by atoms with Gasteiger partial charge in [0.2, 0.25) is 0 Å². The Balaban J connectivity index is 1.74. The summed E-state index contributed by atoms with van der Waals surface area (Å²) in [6, 6.07) is 1.47. The Labute approximate surface area is 124 Å². The van der Waals surface area contributed by atoms with Gasteiger partial charge in [-0.15, -0.1) is 0 Å². The molecule has 2 unspecified atom stereocenters. The van der Waals surface area contributed by atoms with Crippen LogP contribution in [0.1, 0.15) is 33.6 Å². The van der Waals surface area contributed by atoms with Gasteiger partial charge in [-0.05, 0) is 25.3 Å². The minimum Gasteiger partial charge on any atom is -0.379 e. The summed E-state index contributed by atoms with van der Waals surface area (Å²) in [7, 11) is 0. The number of hydrogen-bond acceptors (Lipinski definition) is 4. The monoisotopic (exact) mass is 283 g/mol. The van der Waals surface area contributed by atoms with Crippen LogP contribution < -0.4 is 5.32 Å². The van der Waals surface area contributed by atoms with Crippen molar-refractivity contribution in [3.05, 3.63) is 0 Å². The number of rotatable bonds is 7. The second-order valence-corrected chi connectivity index (χ2v) is 6.70. The van der Waals surface area contributed by atoms with Crippen molar-refractivity contribution in [3.8, 4) is 0 Å². The Morgan fingerprint density at radius 3 is 2.55 bits per heavy atom. The van der Waals surface area contributed by atoms with E-state index in [2.05, 4.69) is 35.9 Å². The average molecular weight is 283 g/mol. The van der Waals surface area contributed by atoms with E-state index in [-0.39, 0.29) is 0 Å². The van der Waals surface area contributed by atoms with Crippen molar-refractivity contribution >= 4 is 0 Å². The normalized spacial score (nSPS) is 27.3. The minimum absolute atomic E-state index is 0.708. The molecule has 1 N–H and O–H groups in total. The molecule has 0 aliphatic carbocycles. The van der Waals surface area contributed by atoms with Gasteiger partial charge in [-0.25, -0.2) is 0 Å². The number of nitrogens with one attached hydrogen (secondary N) is 1. The maximum atomic E-state index is 5.46. The van der Waals surface area contributed by atoms with Gasteiger partial charge in [0.05, 0.1) is 13.2 Å². The van der Waals surface area contributed by atoms with Gasteiger partial charge in [0.25, 0.3) is 0 Å². The van der Waals surface area contributed by atoms with Gasteiger partial charge in [0, 0.05) is 44.8 Å². The third-order valence-corrected chi connectivity index (χ3v) is 4.68. The van der Waals surface area contributed by atoms with Gasteiger partial charge in [0.15, 0.2) is 0 Å². The van der Waals surface area contributed by atoms with Crippen molar-refractivity contribution in [3.63, 3.8) is 0 Å². The average Bonchev–Trinajstić information content (AvgIpc) is 2.94. The predicted octanol–water partition coefficient (Wildman–Crippen LogP) is 1.42. The van der Waals surface area contributed by atoms with Gasteiger partial charge in [0.1, 0.15) is 0 Å². The van der Waals surface area contributed by atoms with E-state index in [1.165, 1.54) is 25.9 Å². The Bertz CT molecular complexity index is 266. The van der Waals surface area contributed by atoms with E-state index in [4.69, 9.17) is 4.74 Å². The molecule has 0 amide bonds. The van der Waals surface area contributed by atoms with E-state index in [9.17, 15) is 0 Å². The van der Waals surface area contributed by atoms with Crippen molar-refractivity contribution in [1.29, 1.82) is 0 Å². The van der Waals surface area contributed by atoms with Gasteiger partial charge < -0.3 is 10.1 Å². The standard InChI is InChI=1S/C16H33N3O/c1-4-15(12-17-11-14(2)3)19-6-5-16(13-19)18-7-9-20-10-8-18/h14-17H,4-13H2,1-3H3. The lowest BCUT2D eigenvalue weighted by molar-refractivity contribution is 0.0175. The first-order chi connectivity index (χ1) is 9.70. The Morgan fingerprint density at radius 1 is 1.15 bits per heavy atom. The highest BCUT2D eigenvalue weighted by Gasteiger charge is 2.31. The zero-order chi connectivity index (χ0) is 14.4. The molecule has 20 heavy (non-hydrogen) atoms. The fourth-order valence-corrected chi connectivity index (χ4v) is 3.41. The first kappa shape index (κ1) is 16.2. The van der Waals surface area contributed by atoms with Crippen LogP contribution in [0.5, 0.6) is 0 Å². The van der Waals surface area contributed by atoms with E-state index in [0.29, 0.717) is 6.04 Å². The molecule has 2 rings (SSSR count). The summed E-state index contributed by atoms with van der Waals surface area (Å²) in [5.41, 5.74) is 0. The van der Waals surface area contributed by atoms with Crippen LogP contribution in [0.25, 0.3) is 0 Å². The number of ether oxygens (including phenoxy) is 1. The molecule has 2 fully saturated rings. The largest absolute Gasteiger partial charge is 0.379 e. The lowest BCUT2D eigenvalue weighted by Gasteiger charge is -2.33. The van der Waals surface area contributed by atoms with Crippen LogP contribution in [0.15, 0.2) is 0 Å². The van der Waals surface area contributed by atoms with Crippen LogP contribution in [-0.2, 0) is 4.74 Å². The van der Waals surface area contributed by atoms with E-state index < -0.39 is 0 Å². The van der Waals surface area contributed by atoms with E-state index in [1.807, 2.05) is 0 Å². The number of nitrogens with zero attached hydrogens (tertiary/aromatic N) is 2. The van der Waals surface area contributed by atoms with E-state index >= 15 is 0 Å². The highest BCUT2D eigenvalue weighted by atomic mass is 16.5. The van der Waals surface area contributed by atoms with Crippen molar-refractivity contribution in [2.75, 3.05) is 52.5 Å². The first-order valence-corrected chi connectivity index (χ1v) is 8.47. The Hall–Kier alpha value is -0.160. The minimum atomic E-state index is 0.708. The molecule has 0 aromatic carbocycles. The summed E-state index contributed by atoms with van der Waals surface area (Å²) < 4.78 is 5.46.